The van der Waals surface area contributed by atoms with Crippen molar-refractivity contribution in [3.8, 4) is 0 Å². The van der Waals surface area contributed by atoms with E-state index in [2.05, 4.69) is 4.72 Å². The Labute approximate surface area is 124 Å². The van der Waals surface area contributed by atoms with Crippen LogP contribution in [0.1, 0.15) is 31.2 Å². The lowest BCUT2D eigenvalue weighted by atomic mass is 9.96. The van der Waals surface area contributed by atoms with Gasteiger partial charge in [-0.15, -0.1) is 0 Å². The molecule has 3 atom stereocenters. The lowest BCUT2D eigenvalue weighted by Gasteiger charge is -2.22. The Morgan fingerprint density at radius 2 is 2.10 bits per heavy atom. The minimum absolute atomic E-state index is 0.0895. The highest BCUT2D eigenvalue weighted by molar-refractivity contribution is 7.89. The van der Waals surface area contributed by atoms with Gasteiger partial charge in [0.1, 0.15) is 0 Å². The Balaban J connectivity index is 1.79. The van der Waals surface area contributed by atoms with Gasteiger partial charge in [-0.3, -0.25) is 0 Å². The third kappa shape index (κ3) is 2.60. The largest absolute Gasteiger partial charge is 0.326 e. The average Bonchev–Trinajstić information content (AvgIpc) is 3.00. The van der Waals surface area contributed by atoms with E-state index in [0.29, 0.717) is 23.4 Å². The maximum absolute atomic E-state index is 12.4. The van der Waals surface area contributed by atoms with Crippen molar-refractivity contribution in [2.24, 2.45) is 17.6 Å². The summed E-state index contributed by atoms with van der Waals surface area (Å²) in [6, 6.07) is 4.83. The molecule has 0 spiro atoms. The second-order valence-corrected chi connectivity index (χ2v) is 7.98. The number of sulfonamides is 1. The monoisotopic (exact) mass is 314 g/mol. The number of fused-ring (bicyclic) bond motifs is 2. The van der Waals surface area contributed by atoms with Crippen molar-refractivity contribution in [1.82, 2.24) is 4.72 Å². The standard InChI is InChI=1S/C14H19ClN2O2S/c15-13-7-12(4-3-11(13)8-16)20(18,19)17-14-6-9-1-2-10(14)5-9/h3-4,7,9-10,14,17H,1-2,5-6,8,16H2. The maximum atomic E-state index is 12.4. The summed E-state index contributed by atoms with van der Waals surface area (Å²) in [4.78, 5) is 0.225. The summed E-state index contributed by atoms with van der Waals surface area (Å²) in [5.74, 6) is 1.21. The van der Waals surface area contributed by atoms with Crippen LogP contribution in [0.3, 0.4) is 0 Å². The normalized spacial score (nSPS) is 29.0. The van der Waals surface area contributed by atoms with Crippen molar-refractivity contribution in [2.75, 3.05) is 0 Å². The zero-order chi connectivity index (χ0) is 14.3. The predicted molar refractivity (Wildman–Crippen MR) is 78.9 cm³/mol. The molecule has 2 saturated carbocycles. The Morgan fingerprint density at radius 1 is 1.30 bits per heavy atom. The lowest BCUT2D eigenvalue weighted by Crippen LogP contribution is -2.38. The van der Waals surface area contributed by atoms with Crippen molar-refractivity contribution in [2.45, 2.75) is 43.2 Å². The first-order valence-corrected chi connectivity index (χ1v) is 8.86. The van der Waals surface area contributed by atoms with Gasteiger partial charge in [0, 0.05) is 17.6 Å². The molecule has 2 fully saturated rings. The molecule has 2 aliphatic rings. The van der Waals surface area contributed by atoms with Crippen LogP contribution < -0.4 is 10.5 Å². The lowest BCUT2D eigenvalue weighted by molar-refractivity contribution is 0.390. The molecule has 0 aromatic heterocycles. The summed E-state index contributed by atoms with van der Waals surface area (Å²) in [6.07, 6.45) is 4.53. The minimum Gasteiger partial charge on any atom is -0.326 e. The molecule has 3 rings (SSSR count). The fourth-order valence-electron chi connectivity index (χ4n) is 3.52. The van der Waals surface area contributed by atoms with Gasteiger partial charge in [-0.05, 0) is 48.8 Å². The fraction of sp³-hybridized carbons (Fsp3) is 0.571. The number of nitrogens with two attached hydrogens (primary N) is 1. The Kier molecular flexibility index (Phi) is 3.79. The van der Waals surface area contributed by atoms with E-state index < -0.39 is 10.0 Å². The number of rotatable bonds is 4. The van der Waals surface area contributed by atoms with Gasteiger partial charge in [0.25, 0.3) is 0 Å². The minimum atomic E-state index is -3.49. The Hall–Kier alpha value is -0.620. The predicted octanol–water partition coefficient (Wildman–Crippen LogP) is 2.27. The second-order valence-electron chi connectivity index (χ2n) is 5.86. The molecular formula is C14H19ClN2O2S. The van der Waals surface area contributed by atoms with E-state index in [-0.39, 0.29) is 10.9 Å². The van der Waals surface area contributed by atoms with Gasteiger partial charge in [-0.25, -0.2) is 13.1 Å². The molecule has 0 saturated heterocycles. The van der Waals surface area contributed by atoms with E-state index in [1.807, 2.05) is 0 Å². The summed E-state index contributed by atoms with van der Waals surface area (Å²) in [6.45, 7) is 0.305. The number of hydrogen-bond acceptors (Lipinski definition) is 3. The molecule has 0 radical (unpaired) electrons. The number of benzene rings is 1. The first kappa shape index (κ1) is 14.3. The third-order valence-electron chi connectivity index (χ3n) is 4.60. The topological polar surface area (TPSA) is 72.2 Å². The average molecular weight is 315 g/mol. The van der Waals surface area contributed by atoms with Crippen molar-refractivity contribution in [3.63, 3.8) is 0 Å². The first-order valence-electron chi connectivity index (χ1n) is 7.00. The van der Waals surface area contributed by atoms with Gasteiger partial charge < -0.3 is 5.73 Å². The number of nitrogens with one attached hydrogen (secondary N) is 1. The molecule has 0 heterocycles. The van der Waals surface area contributed by atoms with Crippen molar-refractivity contribution < 1.29 is 8.42 Å². The molecule has 2 aliphatic carbocycles. The first-order chi connectivity index (χ1) is 9.49. The molecule has 20 heavy (non-hydrogen) atoms. The molecule has 1 aromatic rings. The highest BCUT2D eigenvalue weighted by atomic mass is 35.5. The van der Waals surface area contributed by atoms with E-state index >= 15 is 0 Å². The van der Waals surface area contributed by atoms with Gasteiger partial charge in [0.2, 0.25) is 10.0 Å². The molecule has 4 nitrogen and oxygen atoms in total. The zero-order valence-electron chi connectivity index (χ0n) is 11.2. The van der Waals surface area contributed by atoms with Crippen LogP contribution in [0.15, 0.2) is 23.1 Å². The van der Waals surface area contributed by atoms with Crippen molar-refractivity contribution in [3.05, 3.63) is 28.8 Å². The van der Waals surface area contributed by atoms with Gasteiger partial charge in [-0.2, -0.15) is 0 Å². The van der Waals surface area contributed by atoms with Crippen LogP contribution in [-0.2, 0) is 16.6 Å². The molecule has 3 N–H and O–H groups in total. The fourth-order valence-corrected chi connectivity index (χ4v) is 5.18. The quantitative estimate of drug-likeness (QED) is 0.895. The van der Waals surface area contributed by atoms with Gasteiger partial charge in [0.05, 0.1) is 4.90 Å². The molecule has 3 unspecified atom stereocenters. The van der Waals surface area contributed by atoms with E-state index in [0.717, 1.165) is 18.4 Å². The molecule has 2 bridgehead atoms. The molecule has 1 aromatic carbocycles. The van der Waals surface area contributed by atoms with Crippen molar-refractivity contribution >= 4 is 21.6 Å². The van der Waals surface area contributed by atoms with Crippen LogP contribution >= 0.6 is 11.6 Å². The van der Waals surface area contributed by atoms with Gasteiger partial charge in [0.15, 0.2) is 0 Å². The highest BCUT2D eigenvalue weighted by Gasteiger charge is 2.41. The van der Waals surface area contributed by atoms with Crippen LogP contribution in [0.25, 0.3) is 0 Å². The van der Waals surface area contributed by atoms with E-state index in [4.69, 9.17) is 17.3 Å². The van der Waals surface area contributed by atoms with E-state index in [9.17, 15) is 8.42 Å². The Morgan fingerprint density at radius 3 is 2.65 bits per heavy atom. The Bertz CT molecular complexity index is 618. The molecule has 110 valence electrons. The molecule has 0 amide bonds. The van der Waals surface area contributed by atoms with E-state index in [1.165, 1.54) is 18.9 Å². The SMILES string of the molecule is NCc1ccc(S(=O)(=O)NC2CC3CCC2C3)cc1Cl. The van der Waals surface area contributed by atoms with Crippen LogP contribution in [0.4, 0.5) is 0 Å². The van der Waals surface area contributed by atoms with Crippen LogP contribution in [0, 0.1) is 11.8 Å². The summed E-state index contributed by atoms with van der Waals surface area (Å²) in [5.41, 5.74) is 6.29. The van der Waals surface area contributed by atoms with Crippen LogP contribution in [0.5, 0.6) is 0 Å². The maximum Gasteiger partial charge on any atom is 0.240 e. The highest BCUT2D eigenvalue weighted by Crippen LogP contribution is 2.44. The number of hydrogen-bond donors (Lipinski definition) is 2. The summed E-state index contributed by atoms with van der Waals surface area (Å²) >= 11 is 6.04. The summed E-state index contributed by atoms with van der Waals surface area (Å²) < 4.78 is 27.7. The van der Waals surface area contributed by atoms with Crippen LogP contribution in [-0.4, -0.2) is 14.5 Å². The smallest absolute Gasteiger partial charge is 0.240 e. The second kappa shape index (κ2) is 5.30. The third-order valence-corrected chi connectivity index (χ3v) is 6.44. The van der Waals surface area contributed by atoms with Gasteiger partial charge >= 0.3 is 0 Å². The van der Waals surface area contributed by atoms with E-state index in [1.54, 1.807) is 12.1 Å². The van der Waals surface area contributed by atoms with Crippen molar-refractivity contribution in [1.29, 1.82) is 0 Å². The van der Waals surface area contributed by atoms with Crippen LogP contribution in [0.2, 0.25) is 5.02 Å². The summed E-state index contributed by atoms with van der Waals surface area (Å²) in [7, 11) is -3.49. The molecule has 6 heteroatoms. The number of halogens is 1. The molecule has 0 aliphatic heterocycles. The summed E-state index contributed by atoms with van der Waals surface area (Å²) in [5, 5.41) is 0.406. The molecular weight excluding hydrogens is 296 g/mol. The van der Waals surface area contributed by atoms with Gasteiger partial charge in [-0.1, -0.05) is 24.1 Å². The zero-order valence-corrected chi connectivity index (χ0v) is 12.8.